The molecule has 18 heavy (non-hydrogen) atoms. The summed E-state index contributed by atoms with van der Waals surface area (Å²) in [5, 5.41) is 6.22. The van der Waals surface area contributed by atoms with Crippen LogP contribution in [0.2, 0.25) is 0 Å². The summed E-state index contributed by atoms with van der Waals surface area (Å²) in [6, 6.07) is -0.318. The van der Waals surface area contributed by atoms with Gasteiger partial charge in [-0.2, -0.15) is 0 Å². The van der Waals surface area contributed by atoms with E-state index < -0.39 is 19.7 Å². The van der Waals surface area contributed by atoms with Crippen molar-refractivity contribution >= 4 is 37.0 Å². The molecule has 0 radical (unpaired) electrons. The Morgan fingerprint density at radius 1 is 0.889 bits per heavy atom. The fraction of sp³-hybridized carbons (Fsp3) is 0.889. The topological polar surface area (TPSA) is 92.3 Å². The minimum Gasteiger partial charge on any atom is -0.359 e. The predicted octanol–water partition coefficient (Wildman–Crippen LogP) is -1.18. The molecular formula is C9H16N2O4S3. The Labute approximate surface area is 112 Å². The SMILES string of the molecule is O=S1(=O)CC[C@@H](NC(=S)N[C@H]2CCS(=O)(=O)C2)C1. The number of hydrogen-bond acceptors (Lipinski definition) is 5. The first-order valence-electron chi connectivity index (χ1n) is 5.74. The van der Waals surface area contributed by atoms with Crippen molar-refractivity contribution in [1.29, 1.82) is 0 Å². The number of nitrogens with one attached hydrogen (secondary N) is 2. The van der Waals surface area contributed by atoms with Crippen LogP contribution in [0.5, 0.6) is 0 Å². The summed E-state index contributed by atoms with van der Waals surface area (Å²) in [6.45, 7) is 0. The molecule has 2 rings (SSSR count). The zero-order valence-corrected chi connectivity index (χ0v) is 12.2. The van der Waals surface area contributed by atoms with Gasteiger partial charge in [0.15, 0.2) is 24.8 Å². The second kappa shape index (κ2) is 4.93. The molecule has 0 aromatic heterocycles. The van der Waals surface area contributed by atoms with Crippen LogP contribution in [-0.4, -0.2) is 57.0 Å². The fourth-order valence-corrected chi connectivity index (χ4v) is 5.91. The highest BCUT2D eigenvalue weighted by Crippen LogP contribution is 2.13. The van der Waals surface area contributed by atoms with Crippen LogP contribution in [0.3, 0.4) is 0 Å². The number of rotatable bonds is 2. The van der Waals surface area contributed by atoms with Crippen molar-refractivity contribution in [3.63, 3.8) is 0 Å². The predicted molar refractivity (Wildman–Crippen MR) is 73.0 cm³/mol. The van der Waals surface area contributed by atoms with E-state index in [4.69, 9.17) is 12.2 Å². The van der Waals surface area contributed by atoms with Crippen molar-refractivity contribution in [2.75, 3.05) is 23.0 Å². The summed E-state index contributed by atoms with van der Waals surface area (Å²) >= 11 is 5.07. The van der Waals surface area contributed by atoms with Crippen LogP contribution in [0, 0.1) is 0 Å². The van der Waals surface area contributed by atoms with Gasteiger partial charge in [-0.1, -0.05) is 0 Å². The molecule has 6 nitrogen and oxygen atoms in total. The van der Waals surface area contributed by atoms with Gasteiger partial charge >= 0.3 is 0 Å². The highest BCUT2D eigenvalue weighted by atomic mass is 32.2. The molecule has 2 saturated heterocycles. The number of hydrogen-bond donors (Lipinski definition) is 2. The van der Waals surface area contributed by atoms with Crippen molar-refractivity contribution in [3.05, 3.63) is 0 Å². The second-order valence-electron chi connectivity index (χ2n) is 4.82. The number of thiocarbonyl (C=S) groups is 1. The van der Waals surface area contributed by atoms with Crippen LogP contribution >= 0.6 is 12.2 Å². The average molecular weight is 312 g/mol. The molecule has 0 saturated carbocycles. The quantitative estimate of drug-likeness (QED) is 0.620. The van der Waals surface area contributed by atoms with Gasteiger partial charge in [-0.15, -0.1) is 0 Å². The lowest BCUT2D eigenvalue weighted by Gasteiger charge is -2.18. The summed E-state index contributed by atoms with van der Waals surface area (Å²) in [5.41, 5.74) is 0. The maximum atomic E-state index is 11.3. The zero-order valence-electron chi connectivity index (χ0n) is 9.76. The first-order chi connectivity index (χ1) is 8.26. The Kier molecular flexibility index (Phi) is 3.84. The Balaban J connectivity index is 1.80. The molecule has 0 aromatic carbocycles. The van der Waals surface area contributed by atoms with Gasteiger partial charge in [-0.3, -0.25) is 0 Å². The monoisotopic (exact) mass is 312 g/mol. The fourth-order valence-electron chi connectivity index (χ4n) is 2.23. The third-order valence-corrected chi connectivity index (χ3v) is 6.91. The van der Waals surface area contributed by atoms with Crippen molar-refractivity contribution in [2.24, 2.45) is 0 Å². The lowest BCUT2D eigenvalue weighted by Crippen LogP contribution is -2.46. The smallest absolute Gasteiger partial charge is 0.166 e. The average Bonchev–Trinajstić information content (AvgIpc) is 2.69. The van der Waals surface area contributed by atoms with Crippen LogP contribution < -0.4 is 10.6 Å². The highest BCUT2D eigenvalue weighted by molar-refractivity contribution is 7.92. The van der Waals surface area contributed by atoms with Gasteiger partial charge in [0, 0.05) is 12.1 Å². The first kappa shape index (κ1) is 14.0. The standard InChI is InChI=1S/C9H16N2O4S3/c12-17(13)3-1-7(5-17)10-9(16)11-8-2-4-18(14,15)6-8/h7-8H,1-6H2,(H2,10,11,16)/t7-,8+. The van der Waals surface area contributed by atoms with Crippen molar-refractivity contribution in [3.8, 4) is 0 Å². The Morgan fingerprint density at radius 3 is 1.56 bits per heavy atom. The van der Waals surface area contributed by atoms with Gasteiger partial charge in [0.1, 0.15) is 0 Å². The molecule has 104 valence electrons. The summed E-state index contributed by atoms with van der Waals surface area (Å²) in [4.78, 5) is 0. The van der Waals surface area contributed by atoms with Crippen LogP contribution in [0.25, 0.3) is 0 Å². The minimum atomic E-state index is -2.93. The molecule has 0 bridgehead atoms. The lowest BCUT2D eigenvalue weighted by atomic mass is 10.2. The molecule has 2 aliphatic rings. The van der Waals surface area contributed by atoms with E-state index in [-0.39, 0.29) is 35.1 Å². The molecule has 2 heterocycles. The molecule has 2 fully saturated rings. The summed E-state index contributed by atoms with van der Waals surface area (Å²) in [6.07, 6.45) is 1.10. The van der Waals surface area contributed by atoms with Gasteiger partial charge in [-0.25, -0.2) is 16.8 Å². The molecule has 9 heteroatoms. The highest BCUT2D eigenvalue weighted by Gasteiger charge is 2.30. The van der Waals surface area contributed by atoms with Crippen LogP contribution in [0.1, 0.15) is 12.8 Å². The van der Waals surface area contributed by atoms with Gasteiger partial charge in [0.2, 0.25) is 0 Å². The van der Waals surface area contributed by atoms with Gasteiger partial charge in [-0.05, 0) is 25.1 Å². The van der Waals surface area contributed by atoms with Gasteiger partial charge in [0.25, 0.3) is 0 Å². The summed E-state index contributed by atoms with van der Waals surface area (Å²) < 4.78 is 45.1. The van der Waals surface area contributed by atoms with E-state index in [2.05, 4.69) is 10.6 Å². The van der Waals surface area contributed by atoms with E-state index in [0.717, 1.165) is 0 Å². The number of sulfone groups is 2. The largest absolute Gasteiger partial charge is 0.359 e. The lowest BCUT2D eigenvalue weighted by molar-refractivity contribution is 0.598. The molecule has 0 aliphatic carbocycles. The van der Waals surface area contributed by atoms with Gasteiger partial charge in [0.05, 0.1) is 23.0 Å². The Hall–Kier alpha value is -0.410. The van der Waals surface area contributed by atoms with Crippen LogP contribution in [0.15, 0.2) is 0 Å². The maximum absolute atomic E-state index is 11.3. The zero-order chi connectivity index (χ0) is 13.4. The molecule has 0 aromatic rings. The summed E-state index contributed by atoms with van der Waals surface area (Å²) in [7, 11) is -5.87. The van der Waals surface area contributed by atoms with Crippen molar-refractivity contribution < 1.29 is 16.8 Å². The molecular weight excluding hydrogens is 296 g/mol. The molecule has 2 aliphatic heterocycles. The molecule has 2 atom stereocenters. The van der Waals surface area contributed by atoms with Gasteiger partial charge < -0.3 is 10.6 Å². The van der Waals surface area contributed by atoms with E-state index in [1.54, 1.807) is 0 Å². The Bertz CT molecular complexity index is 492. The Morgan fingerprint density at radius 2 is 1.28 bits per heavy atom. The minimum absolute atomic E-state index is 0.0950. The van der Waals surface area contributed by atoms with Crippen LogP contribution in [0.4, 0.5) is 0 Å². The third kappa shape index (κ3) is 3.79. The van der Waals surface area contributed by atoms with E-state index in [1.165, 1.54) is 0 Å². The normalized spacial score (nSPS) is 33.1. The van der Waals surface area contributed by atoms with E-state index in [1.807, 2.05) is 0 Å². The third-order valence-electron chi connectivity index (χ3n) is 3.14. The molecule has 0 amide bonds. The first-order valence-corrected chi connectivity index (χ1v) is 9.79. The second-order valence-corrected chi connectivity index (χ2v) is 9.68. The molecule has 0 spiro atoms. The van der Waals surface area contributed by atoms with Crippen molar-refractivity contribution in [1.82, 2.24) is 10.6 Å². The molecule has 0 unspecified atom stereocenters. The maximum Gasteiger partial charge on any atom is 0.166 e. The van der Waals surface area contributed by atoms with E-state index in [9.17, 15) is 16.8 Å². The van der Waals surface area contributed by atoms with E-state index in [0.29, 0.717) is 18.0 Å². The molecule has 2 N–H and O–H groups in total. The summed E-state index contributed by atoms with van der Waals surface area (Å²) in [5.74, 6) is 0.561. The van der Waals surface area contributed by atoms with Crippen LogP contribution in [-0.2, 0) is 19.7 Å². The van der Waals surface area contributed by atoms with Crippen molar-refractivity contribution in [2.45, 2.75) is 24.9 Å². The van der Waals surface area contributed by atoms with E-state index >= 15 is 0 Å².